The zero-order valence-electron chi connectivity index (χ0n) is 15.0. The fourth-order valence-electron chi connectivity index (χ4n) is 2.76. The van der Waals surface area contributed by atoms with Crippen molar-refractivity contribution in [2.75, 3.05) is 26.6 Å². The van der Waals surface area contributed by atoms with E-state index in [4.69, 9.17) is 14.2 Å². The molecule has 4 rings (SSSR count). The van der Waals surface area contributed by atoms with Gasteiger partial charge in [0.1, 0.15) is 29.1 Å². The summed E-state index contributed by atoms with van der Waals surface area (Å²) in [6.07, 6.45) is 5.10. The molecule has 1 N–H and O–H groups in total. The van der Waals surface area contributed by atoms with Crippen molar-refractivity contribution in [1.82, 2.24) is 19.5 Å². The lowest BCUT2D eigenvalue weighted by Crippen LogP contribution is -1.98. The summed E-state index contributed by atoms with van der Waals surface area (Å²) in [4.78, 5) is 13.9. The molecule has 0 radical (unpaired) electrons. The summed E-state index contributed by atoms with van der Waals surface area (Å²) in [6, 6.07) is 5.70. The highest BCUT2D eigenvalue weighted by Crippen LogP contribution is 2.39. The van der Waals surface area contributed by atoms with Gasteiger partial charge in [0.05, 0.1) is 38.6 Å². The molecular formula is C18H17N5O3S. The maximum Gasteiger partial charge on any atom is 0.203 e. The number of rotatable bonds is 6. The van der Waals surface area contributed by atoms with E-state index >= 15 is 0 Å². The van der Waals surface area contributed by atoms with Crippen molar-refractivity contribution in [1.29, 1.82) is 0 Å². The predicted molar refractivity (Wildman–Crippen MR) is 104 cm³/mol. The first-order valence-corrected chi connectivity index (χ1v) is 8.91. The van der Waals surface area contributed by atoms with Crippen molar-refractivity contribution in [3.05, 3.63) is 42.4 Å². The van der Waals surface area contributed by atoms with Gasteiger partial charge in [-0.3, -0.25) is 0 Å². The van der Waals surface area contributed by atoms with Crippen LogP contribution in [0.1, 0.15) is 0 Å². The predicted octanol–water partition coefficient (Wildman–Crippen LogP) is 3.65. The number of benzene rings is 1. The molecule has 0 aliphatic rings. The van der Waals surface area contributed by atoms with E-state index in [1.54, 1.807) is 39.0 Å². The van der Waals surface area contributed by atoms with Gasteiger partial charge in [0.15, 0.2) is 11.5 Å². The van der Waals surface area contributed by atoms with Crippen molar-refractivity contribution in [3.8, 4) is 22.9 Å². The van der Waals surface area contributed by atoms with Gasteiger partial charge in [-0.1, -0.05) is 0 Å². The molecule has 0 bridgehead atoms. The first-order chi connectivity index (χ1) is 13.2. The van der Waals surface area contributed by atoms with Crippen LogP contribution in [0.15, 0.2) is 42.4 Å². The maximum atomic E-state index is 5.41. The Kier molecular flexibility index (Phi) is 4.51. The molecule has 27 heavy (non-hydrogen) atoms. The fourth-order valence-corrected chi connectivity index (χ4v) is 3.49. The number of hydrogen-bond donors (Lipinski definition) is 1. The minimum absolute atomic E-state index is 0.544. The third kappa shape index (κ3) is 3.13. The van der Waals surface area contributed by atoms with Gasteiger partial charge in [-0.05, 0) is 11.4 Å². The average Bonchev–Trinajstić information content (AvgIpc) is 3.36. The SMILES string of the molecule is COc1cc(-n2cnc(Nc3ncnc4sccc34)c2)cc(OC)c1OC. The lowest BCUT2D eigenvalue weighted by atomic mass is 10.2. The molecule has 0 spiro atoms. The number of fused-ring (bicyclic) bond motifs is 1. The van der Waals surface area contributed by atoms with Gasteiger partial charge in [-0.2, -0.15) is 0 Å². The largest absolute Gasteiger partial charge is 0.493 e. The minimum atomic E-state index is 0.544. The van der Waals surface area contributed by atoms with E-state index in [-0.39, 0.29) is 0 Å². The van der Waals surface area contributed by atoms with Gasteiger partial charge < -0.3 is 24.1 Å². The fraction of sp³-hybridized carbons (Fsp3) is 0.167. The van der Waals surface area contributed by atoms with Crippen molar-refractivity contribution in [2.45, 2.75) is 0 Å². The number of nitrogens with zero attached hydrogens (tertiary/aromatic N) is 4. The van der Waals surface area contributed by atoms with Gasteiger partial charge in [-0.15, -0.1) is 11.3 Å². The minimum Gasteiger partial charge on any atom is -0.493 e. The van der Waals surface area contributed by atoms with Crippen molar-refractivity contribution in [3.63, 3.8) is 0 Å². The van der Waals surface area contributed by atoms with Crippen LogP contribution in [0.2, 0.25) is 0 Å². The molecule has 138 valence electrons. The second kappa shape index (κ2) is 7.12. The van der Waals surface area contributed by atoms with Crippen molar-refractivity contribution >= 4 is 33.2 Å². The topological polar surface area (TPSA) is 83.3 Å². The first-order valence-electron chi connectivity index (χ1n) is 8.03. The Morgan fingerprint density at radius 2 is 1.78 bits per heavy atom. The number of imidazole rings is 1. The third-order valence-corrected chi connectivity index (χ3v) is 4.86. The number of methoxy groups -OCH3 is 3. The lowest BCUT2D eigenvalue weighted by Gasteiger charge is -2.14. The van der Waals surface area contributed by atoms with Crippen LogP contribution in [0.4, 0.5) is 11.6 Å². The van der Waals surface area contributed by atoms with E-state index in [0.29, 0.717) is 23.1 Å². The zero-order chi connectivity index (χ0) is 18.8. The standard InChI is InChI=1S/C18H17N5O3S/c1-24-13-6-11(7-14(25-2)16(13)26-3)23-8-15(21-10-23)22-17-12-4-5-27-18(12)20-9-19-17/h4-10H,1-3H3,(H,19,20,22). The molecule has 0 aliphatic heterocycles. The van der Waals surface area contributed by atoms with Crippen LogP contribution < -0.4 is 19.5 Å². The monoisotopic (exact) mass is 383 g/mol. The van der Waals surface area contributed by atoms with Crippen LogP contribution >= 0.6 is 11.3 Å². The van der Waals surface area contributed by atoms with E-state index in [9.17, 15) is 0 Å². The molecule has 9 heteroatoms. The molecule has 0 amide bonds. The highest BCUT2D eigenvalue weighted by atomic mass is 32.1. The first kappa shape index (κ1) is 17.1. The molecule has 3 heterocycles. The number of anilines is 2. The van der Waals surface area contributed by atoms with Gasteiger partial charge in [0.2, 0.25) is 5.75 Å². The van der Waals surface area contributed by atoms with E-state index < -0.39 is 0 Å². The number of hydrogen-bond acceptors (Lipinski definition) is 8. The molecule has 4 aromatic rings. The summed E-state index contributed by atoms with van der Waals surface area (Å²) in [5, 5.41) is 6.19. The van der Waals surface area contributed by atoms with E-state index in [1.807, 2.05) is 34.3 Å². The molecule has 0 unspecified atom stereocenters. The Morgan fingerprint density at radius 3 is 2.48 bits per heavy atom. The lowest BCUT2D eigenvalue weighted by molar-refractivity contribution is 0.324. The maximum absolute atomic E-state index is 5.41. The van der Waals surface area contributed by atoms with Gasteiger partial charge in [0.25, 0.3) is 0 Å². The Morgan fingerprint density at radius 1 is 1.00 bits per heavy atom. The molecule has 0 atom stereocenters. The second-order valence-electron chi connectivity index (χ2n) is 5.54. The normalized spacial score (nSPS) is 10.8. The number of nitrogens with one attached hydrogen (secondary N) is 1. The summed E-state index contributed by atoms with van der Waals surface area (Å²) in [5.41, 5.74) is 0.827. The van der Waals surface area contributed by atoms with Gasteiger partial charge in [-0.25, -0.2) is 15.0 Å². The van der Waals surface area contributed by atoms with Gasteiger partial charge in [0, 0.05) is 12.1 Å². The van der Waals surface area contributed by atoms with Crippen LogP contribution in [-0.2, 0) is 0 Å². The Labute approximate surface area is 159 Å². The highest BCUT2D eigenvalue weighted by molar-refractivity contribution is 7.16. The molecule has 0 saturated carbocycles. The van der Waals surface area contributed by atoms with Crippen LogP contribution in [0.25, 0.3) is 15.9 Å². The molecule has 0 aliphatic carbocycles. The number of aromatic nitrogens is 4. The quantitative estimate of drug-likeness (QED) is 0.544. The summed E-state index contributed by atoms with van der Waals surface area (Å²) in [5.74, 6) is 3.08. The summed E-state index contributed by atoms with van der Waals surface area (Å²) < 4.78 is 18.1. The molecule has 0 saturated heterocycles. The van der Waals surface area contributed by atoms with Crippen LogP contribution in [-0.4, -0.2) is 40.8 Å². The Bertz CT molecular complexity index is 1070. The molecular weight excluding hydrogens is 366 g/mol. The number of thiophene rings is 1. The van der Waals surface area contributed by atoms with Crippen LogP contribution in [0.3, 0.4) is 0 Å². The van der Waals surface area contributed by atoms with Crippen molar-refractivity contribution < 1.29 is 14.2 Å². The van der Waals surface area contributed by atoms with Crippen LogP contribution in [0.5, 0.6) is 17.2 Å². The van der Waals surface area contributed by atoms with E-state index in [0.717, 1.165) is 21.7 Å². The Hall–Kier alpha value is -3.33. The smallest absolute Gasteiger partial charge is 0.203 e. The van der Waals surface area contributed by atoms with E-state index in [1.165, 1.54) is 6.33 Å². The highest BCUT2D eigenvalue weighted by Gasteiger charge is 2.15. The van der Waals surface area contributed by atoms with Crippen molar-refractivity contribution in [2.24, 2.45) is 0 Å². The average molecular weight is 383 g/mol. The summed E-state index contributed by atoms with van der Waals surface area (Å²) in [7, 11) is 4.75. The zero-order valence-corrected chi connectivity index (χ0v) is 15.8. The number of ether oxygens (including phenoxy) is 3. The van der Waals surface area contributed by atoms with Gasteiger partial charge >= 0.3 is 0 Å². The second-order valence-corrected chi connectivity index (χ2v) is 6.43. The summed E-state index contributed by atoms with van der Waals surface area (Å²) >= 11 is 1.57. The molecule has 1 aromatic carbocycles. The van der Waals surface area contributed by atoms with Crippen LogP contribution in [0, 0.1) is 0 Å². The summed E-state index contributed by atoms with van der Waals surface area (Å²) in [6.45, 7) is 0. The third-order valence-electron chi connectivity index (χ3n) is 4.04. The molecule has 0 fully saturated rings. The molecule has 3 aromatic heterocycles. The van der Waals surface area contributed by atoms with E-state index in [2.05, 4.69) is 20.3 Å². The molecule has 8 nitrogen and oxygen atoms in total. The Balaban J connectivity index is 1.67.